The first kappa shape index (κ1) is 31.0. The highest BCUT2D eigenvalue weighted by atomic mass is 16.3. The van der Waals surface area contributed by atoms with Gasteiger partial charge < -0.3 is 36.6 Å². The first-order valence-corrected chi connectivity index (χ1v) is 13.8. The molecule has 0 bridgehead atoms. The minimum atomic E-state index is -0.857. The number of hydrogen-bond acceptors (Lipinski definition) is 7. The Morgan fingerprint density at radius 3 is 2.15 bits per heavy atom. The zero-order valence-corrected chi connectivity index (χ0v) is 23.4. The normalized spacial score (nSPS) is 17.5. The first-order chi connectivity index (χ1) is 19.0. The summed E-state index contributed by atoms with van der Waals surface area (Å²) in [6.45, 7) is 5.11. The lowest BCUT2D eigenvalue weighted by molar-refractivity contribution is -0.152. The van der Waals surface area contributed by atoms with E-state index in [1.165, 1.54) is 0 Å². The predicted molar refractivity (Wildman–Crippen MR) is 147 cm³/mol. The van der Waals surface area contributed by atoms with Crippen molar-refractivity contribution in [2.24, 2.45) is 17.1 Å². The van der Waals surface area contributed by atoms with Crippen LogP contribution in [0.1, 0.15) is 38.7 Å². The van der Waals surface area contributed by atoms with Gasteiger partial charge in [-0.15, -0.1) is 0 Å². The summed E-state index contributed by atoms with van der Waals surface area (Å²) in [5.41, 5.74) is 6.87. The van der Waals surface area contributed by atoms with Gasteiger partial charge in [0, 0.05) is 31.6 Å². The standard InChI is InChI=1S/C28H42N6O6/c1-19(2)12-22(32-23(36)14-30-26(39)21(29)13-20-6-4-3-5-7-20)27(40)31-15-24(37)33-10-8-28(9-11-33)17-34(18-28)25(38)16-35/h3-7,19,21-22,35H,8-18,29H2,1-2H3,(H,30,39)(H,31,40)(H,32,36). The van der Waals surface area contributed by atoms with E-state index in [4.69, 9.17) is 10.8 Å². The van der Waals surface area contributed by atoms with Crippen LogP contribution in [0.15, 0.2) is 30.3 Å². The smallest absolute Gasteiger partial charge is 0.248 e. The van der Waals surface area contributed by atoms with Crippen LogP contribution in [-0.4, -0.2) is 102 Å². The molecule has 12 nitrogen and oxygen atoms in total. The van der Waals surface area contributed by atoms with Crippen molar-refractivity contribution in [3.8, 4) is 0 Å². The fraction of sp³-hybridized carbons (Fsp3) is 0.607. The fourth-order valence-electron chi connectivity index (χ4n) is 5.19. The van der Waals surface area contributed by atoms with Gasteiger partial charge in [-0.2, -0.15) is 0 Å². The van der Waals surface area contributed by atoms with Crippen LogP contribution in [0.2, 0.25) is 0 Å². The number of rotatable bonds is 12. The van der Waals surface area contributed by atoms with E-state index < -0.39 is 36.4 Å². The van der Waals surface area contributed by atoms with E-state index in [1.54, 1.807) is 9.80 Å². The van der Waals surface area contributed by atoms with Crippen LogP contribution in [0.4, 0.5) is 0 Å². The zero-order valence-electron chi connectivity index (χ0n) is 23.4. The average molecular weight is 559 g/mol. The van der Waals surface area contributed by atoms with Crippen molar-refractivity contribution >= 4 is 29.5 Å². The first-order valence-electron chi connectivity index (χ1n) is 13.8. The summed E-state index contributed by atoms with van der Waals surface area (Å²) in [4.78, 5) is 65.4. The number of nitrogens with zero attached hydrogens (tertiary/aromatic N) is 2. The molecule has 2 saturated heterocycles. The third kappa shape index (κ3) is 8.75. The number of aliphatic hydroxyl groups excluding tert-OH is 1. The van der Waals surface area contributed by atoms with Gasteiger partial charge in [-0.05, 0) is 37.2 Å². The highest BCUT2D eigenvalue weighted by Crippen LogP contribution is 2.40. The largest absolute Gasteiger partial charge is 0.387 e. The fourth-order valence-corrected chi connectivity index (χ4v) is 5.19. The molecule has 2 aliphatic rings. The molecule has 40 heavy (non-hydrogen) atoms. The van der Waals surface area contributed by atoms with Crippen LogP contribution in [-0.2, 0) is 30.4 Å². The molecule has 220 valence electrons. The average Bonchev–Trinajstić information content (AvgIpc) is 2.92. The van der Waals surface area contributed by atoms with Gasteiger partial charge in [-0.3, -0.25) is 24.0 Å². The molecule has 0 radical (unpaired) electrons. The topological polar surface area (TPSA) is 174 Å². The second-order valence-electron chi connectivity index (χ2n) is 11.3. The minimum Gasteiger partial charge on any atom is -0.387 e. The SMILES string of the molecule is CC(C)CC(NC(=O)CNC(=O)C(N)Cc1ccccc1)C(=O)NCC(=O)N1CCC2(CC1)CN(C(=O)CO)C2. The number of hydrogen-bond donors (Lipinski definition) is 5. The molecule has 0 aliphatic carbocycles. The van der Waals surface area contributed by atoms with Crippen LogP contribution in [0.5, 0.6) is 0 Å². The maximum atomic E-state index is 12.9. The summed E-state index contributed by atoms with van der Waals surface area (Å²) in [6.07, 6.45) is 2.21. The summed E-state index contributed by atoms with van der Waals surface area (Å²) >= 11 is 0. The molecule has 0 saturated carbocycles. The number of amides is 5. The summed E-state index contributed by atoms with van der Waals surface area (Å²) in [5.74, 6) is -1.84. The number of carbonyl (C=O) groups excluding carboxylic acids is 5. The number of likely N-dealkylation sites (tertiary alicyclic amines) is 2. The lowest BCUT2D eigenvalue weighted by atomic mass is 9.72. The lowest BCUT2D eigenvalue weighted by Gasteiger charge is -2.53. The molecule has 1 spiro atoms. The van der Waals surface area contributed by atoms with Crippen molar-refractivity contribution in [1.82, 2.24) is 25.8 Å². The van der Waals surface area contributed by atoms with Crippen molar-refractivity contribution in [3.63, 3.8) is 0 Å². The molecule has 2 fully saturated rings. The van der Waals surface area contributed by atoms with Gasteiger partial charge in [0.2, 0.25) is 29.5 Å². The van der Waals surface area contributed by atoms with E-state index in [0.29, 0.717) is 39.0 Å². The Bertz CT molecular complexity index is 1050. The number of nitrogens with two attached hydrogens (primary N) is 1. The molecule has 3 rings (SSSR count). The Morgan fingerprint density at radius 2 is 1.55 bits per heavy atom. The van der Waals surface area contributed by atoms with E-state index in [9.17, 15) is 24.0 Å². The Kier molecular flexibility index (Phi) is 11.0. The molecule has 2 atom stereocenters. The molecule has 0 aromatic heterocycles. The minimum absolute atomic E-state index is 0.00160. The molecule has 1 aromatic rings. The molecule has 2 unspecified atom stereocenters. The van der Waals surface area contributed by atoms with Gasteiger partial charge in [0.1, 0.15) is 12.6 Å². The van der Waals surface area contributed by atoms with Crippen LogP contribution < -0.4 is 21.7 Å². The van der Waals surface area contributed by atoms with Crippen molar-refractivity contribution in [3.05, 3.63) is 35.9 Å². The van der Waals surface area contributed by atoms with Gasteiger partial charge in [-0.25, -0.2) is 0 Å². The van der Waals surface area contributed by atoms with E-state index >= 15 is 0 Å². The van der Waals surface area contributed by atoms with Crippen LogP contribution >= 0.6 is 0 Å². The Morgan fingerprint density at radius 1 is 0.925 bits per heavy atom. The molecule has 1 aromatic carbocycles. The Labute approximate surface area is 235 Å². The third-order valence-corrected chi connectivity index (χ3v) is 7.55. The molecule has 2 heterocycles. The van der Waals surface area contributed by atoms with Crippen LogP contribution in [0.25, 0.3) is 0 Å². The van der Waals surface area contributed by atoms with E-state index in [0.717, 1.165) is 18.4 Å². The monoisotopic (exact) mass is 558 g/mol. The number of piperidine rings is 1. The molecule has 12 heteroatoms. The number of carbonyl (C=O) groups is 5. The van der Waals surface area contributed by atoms with Crippen LogP contribution in [0.3, 0.4) is 0 Å². The van der Waals surface area contributed by atoms with Crippen LogP contribution in [0, 0.1) is 11.3 Å². The third-order valence-electron chi connectivity index (χ3n) is 7.55. The second-order valence-corrected chi connectivity index (χ2v) is 11.3. The van der Waals surface area contributed by atoms with Gasteiger partial charge in [-0.1, -0.05) is 44.2 Å². The molecule has 5 amide bonds. The molecular formula is C28H42N6O6. The second kappa shape index (κ2) is 14.2. The highest BCUT2D eigenvalue weighted by molar-refractivity contribution is 5.92. The zero-order chi connectivity index (χ0) is 29.3. The van der Waals surface area contributed by atoms with Crippen molar-refractivity contribution in [1.29, 1.82) is 0 Å². The highest BCUT2D eigenvalue weighted by Gasteiger charge is 2.46. The Balaban J connectivity index is 1.40. The van der Waals surface area contributed by atoms with Crippen molar-refractivity contribution in [2.45, 2.75) is 51.6 Å². The summed E-state index contributed by atoms with van der Waals surface area (Å²) < 4.78 is 0. The van der Waals surface area contributed by atoms with Gasteiger partial charge in [0.05, 0.1) is 19.1 Å². The summed E-state index contributed by atoms with van der Waals surface area (Å²) in [7, 11) is 0. The maximum Gasteiger partial charge on any atom is 0.248 e. The number of nitrogens with one attached hydrogen (secondary N) is 3. The Hall–Kier alpha value is -3.51. The van der Waals surface area contributed by atoms with Gasteiger partial charge in [0.15, 0.2) is 0 Å². The molecule has 2 aliphatic heterocycles. The van der Waals surface area contributed by atoms with E-state index in [1.807, 2.05) is 44.2 Å². The van der Waals surface area contributed by atoms with Crippen molar-refractivity contribution < 1.29 is 29.1 Å². The van der Waals surface area contributed by atoms with Gasteiger partial charge in [0.25, 0.3) is 0 Å². The summed E-state index contributed by atoms with van der Waals surface area (Å²) in [6, 6.07) is 7.65. The number of benzene rings is 1. The van der Waals surface area contributed by atoms with E-state index in [-0.39, 0.29) is 36.2 Å². The predicted octanol–water partition coefficient (Wildman–Crippen LogP) is -1.24. The number of aliphatic hydroxyl groups is 1. The summed E-state index contributed by atoms with van der Waals surface area (Å²) in [5, 5.41) is 16.8. The van der Waals surface area contributed by atoms with Gasteiger partial charge >= 0.3 is 0 Å². The maximum absolute atomic E-state index is 12.9. The lowest BCUT2D eigenvalue weighted by Crippen LogP contribution is -2.63. The molecule has 6 N–H and O–H groups in total. The van der Waals surface area contributed by atoms with E-state index in [2.05, 4.69) is 16.0 Å². The molecular weight excluding hydrogens is 516 g/mol. The quantitative estimate of drug-likeness (QED) is 0.213. The van der Waals surface area contributed by atoms with Crippen molar-refractivity contribution in [2.75, 3.05) is 45.9 Å².